The van der Waals surface area contributed by atoms with Gasteiger partial charge in [-0.15, -0.1) is 0 Å². The van der Waals surface area contributed by atoms with Gasteiger partial charge >= 0.3 is 5.97 Å². The molecule has 0 atom stereocenters. The molecular formula is C13H10N2O3S. The topological polar surface area (TPSA) is 79.3 Å². The first-order chi connectivity index (χ1) is 9.15. The molecule has 5 nitrogen and oxygen atoms in total. The summed E-state index contributed by atoms with van der Waals surface area (Å²) in [5, 5.41) is 14.7. The van der Waals surface area contributed by atoms with Crippen molar-refractivity contribution in [2.75, 3.05) is 5.32 Å². The molecule has 0 aliphatic carbocycles. The number of pyridine rings is 1. The average molecular weight is 274 g/mol. The predicted molar refractivity (Wildman–Crippen MR) is 73.2 cm³/mol. The monoisotopic (exact) mass is 274 g/mol. The third kappa shape index (κ3) is 3.75. The molecule has 2 rings (SSSR count). The molecule has 0 spiro atoms. The molecule has 2 heterocycles. The van der Waals surface area contributed by atoms with Gasteiger partial charge in [-0.3, -0.25) is 4.79 Å². The van der Waals surface area contributed by atoms with E-state index in [0.29, 0.717) is 16.9 Å². The van der Waals surface area contributed by atoms with Gasteiger partial charge in [-0.25, -0.2) is 9.78 Å². The highest BCUT2D eigenvalue weighted by atomic mass is 32.1. The van der Waals surface area contributed by atoms with E-state index in [1.165, 1.54) is 23.6 Å². The highest BCUT2D eigenvalue weighted by molar-refractivity contribution is 7.08. The molecule has 2 aromatic heterocycles. The summed E-state index contributed by atoms with van der Waals surface area (Å²) in [5.74, 6) is -0.891. The first-order valence-electron chi connectivity index (χ1n) is 5.36. The van der Waals surface area contributed by atoms with Crippen LogP contribution < -0.4 is 5.32 Å². The number of aromatic nitrogens is 1. The number of hydrogen-bond donors (Lipinski definition) is 2. The lowest BCUT2D eigenvalue weighted by Crippen LogP contribution is -2.11. The standard InChI is InChI=1S/C13H10N2O3S/c16-12(17)2-1-9-3-5-14-11(7-9)15-13(18)10-4-6-19-8-10/h1-8H,(H,16,17)(H,14,15,18)/b2-1+. The number of nitrogens with one attached hydrogen (secondary N) is 1. The lowest BCUT2D eigenvalue weighted by Gasteiger charge is -2.03. The second-order valence-corrected chi connectivity index (χ2v) is 4.39. The summed E-state index contributed by atoms with van der Waals surface area (Å²) in [7, 11) is 0. The molecule has 6 heteroatoms. The molecule has 0 aliphatic heterocycles. The lowest BCUT2D eigenvalue weighted by molar-refractivity contribution is -0.131. The van der Waals surface area contributed by atoms with Crippen molar-refractivity contribution in [3.05, 3.63) is 52.4 Å². The maximum Gasteiger partial charge on any atom is 0.328 e. The Labute approximate surface area is 113 Å². The van der Waals surface area contributed by atoms with E-state index in [2.05, 4.69) is 10.3 Å². The van der Waals surface area contributed by atoms with Gasteiger partial charge in [0.25, 0.3) is 5.91 Å². The fraction of sp³-hybridized carbons (Fsp3) is 0. The molecule has 96 valence electrons. The van der Waals surface area contributed by atoms with Gasteiger partial charge < -0.3 is 10.4 Å². The van der Waals surface area contributed by atoms with Gasteiger partial charge in [-0.05, 0) is 35.2 Å². The van der Waals surface area contributed by atoms with Crippen LogP contribution in [0.5, 0.6) is 0 Å². The number of carbonyl (C=O) groups is 2. The normalized spacial score (nSPS) is 10.5. The van der Waals surface area contributed by atoms with Crippen molar-refractivity contribution in [1.29, 1.82) is 0 Å². The van der Waals surface area contributed by atoms with Gasteiger partial charge in [0.15, 0.2) is 0 Å². The molecule has 2 aromatic rings. The number of aliphatic carboxylic acids is 1. The van der Waals surface area contributed by atoms with E-state index in [-0.39, 0.29) is 5.91 Å². The van der Waals surface area contributed by atoms with E-state index in [4.69, 9.17) is 5.11 Å². The maximum atomic E-state index is 11.8. The molecular weight excluding hydrogens is 264 g/mol. The highest BCUT2D eigenvalue weighted by Crippen LogP contribution is 2.12. The second-order valence-electron chi connectivity index (χ2n) is 3.61. The molecule has 1 amide bonds. The molecule has 0 saturated carbocycles. The Bertz CT molecular complexity index is 621. The van der Waals surface area contributed by atoms with Crippen molar-refractivity contribution in [2.45, 2.75) is 0 Å². The van der Waals surface area contributed by atoms with Crippen molar-refractivity contribution < 1.29 is 14.7 Å². The van der Waals surface area contributed by atoms with Crippen molar-refractivity contribution in [3.63, 3.8) is 0 Å². The van der Waals surface area contributed by atoms with Gasteiger partial charge in [-0.2, -0.15) is 11.3 Å². The summed E-state index contributed by atoms with van der Waals surface area (Å²) >= 11 is 1.44. The second kappa shape index (κ2) is 5.92. The first-order valence-corrected chi connectivity index (χ1v) is 6.30. The van der Waals surface area contributed by atoms with Crippen LogP contribution in [0.4, 0.5) is 5.82 Å². The van der Waals surface area contributed by atoms with Crippen LogP contribution in [0.15, 0.2) is 41.2 Å². The number of rotatable bonds is 4. The number of carboxylic acid groups (broad SMARTS) is 1. The van der Waals surface area contributed by atoms with Gasteiger partial charge in [0.2, 0.25) is 0 Å². The zero-order valence-electron chi connectivity index (χ0n) is 9.74. The van der Waals surface area contributed by atoms with E-state index in [9.17, 15) is 9.59 Å². The summed E-state index contributed by atoms with van der Waals surface area (Å²) in [6, 6.07) is 4.97. The third-order valence-electron chi connectivity index (χ3n) is 2.23. The minimum absolute atomic E-state index is 0.242. The minimum atomic E-state index is -1.03. The molecule has 0 aliphatic rings. The Hall–Kier alpha value is -2.47. The predicted octanol–water partition coefficient (Wildman–Crippen LogP) is 2.49. The maximum absolute atomic E-state index is 11.8. The van der Waals surface area contributed by atoms with Crippen LogP contribution in [0, 0.1) is 0 Å². The van der Waals surface area contributed by atoms with Crippen LogP contribution in [-0.2, 0) is 4.79 Å². The van der Waals surface area contributed by atoms with Crippen LogP contribution in [0.2, 0.25) is 0 Å². The van der Waals surface area contributed by atoms with E-state index < -0.39 is 5.97 Å². The number of thiophene rings is 1. The molecule has 0 radical (unpaired) electrons. The Balaban J connectivity index is 2.11. The first kappa shape index (κ1) is 13.0. The van der Waals surface area contributed by atoms with Crippen molar-refractivity contribution in [1.82, 2.24) is 4.98 Å². The van der Waals surface area contributed by atoms with E-state index >= 15 is 0 Å². The summed E-state index contributed by atoms with van der Waals surface area (Å²) in [4.78, 5) is 26.2. The van der Waals surface area contributed by atoms with Gasteiger partial charge in [-0.1, -0.05) is 0 Å². The van der Waals surface area contributed by atoms with Gasteiger partial charge in [0.1, 0.15) is 5.82 Å². The zero-order valence-corrected chi connectivity index (χ0v) is 10.6. The molecule has 0 aromatic carbocycles. The SMILES string of the molecule is O=C(O)/C=C/c1ccnc(NC(=O)c2ccsc2)c1. The largest absolute Gasteiger partial charge is 0.478 e. The van der Waals surface area contributed by atoms with Gasteiger partial charge in [0, 0.05) is 17.7 Å². The number of nitrogens with zero attached hydrogens (tertiary/aromatic N) is 1. The Morgan fingerprint density at radius 3 is 2.89 bits per heavy atom. The minimum Gasteiger partial charge on any atom is -0.478 e. The fourth-order valence-corrected chi connectivity index (χ4v) is 2.00. The molecule has 0 saturated heterocycles. The average Bonchev–Trinajstić information content (AvgIpc) is 2.91. The Kier molecular flexibility index (Phi) is 4.04. The van der Waals surface area contributed by atoms with Crippen molar-refractivity contribution in [3.8, 4) is 0 Å². The van der Waals surface area contributed by atoms with Crippen LogP contribution >= 0.6 is 11.3 Å². The van der Waals surface area contributed by atoms with Crippen molar-refractivity contribution >= 4 is 35.1 Å². The third-order valence-corrected chi connectivity index (χ3v) is 2.91. The Morgan fingerprint density at radius 2 is 2.21 bits per heavy atom. The smallest absolute Gasteiger partial charge is 0.328 e. The highest BCUT2D eigenvalue weighted by Gasteiger charge is 2.06. The quantitative estimate of drug-likeness (QED) is 0.839. The molecule has 0 fully saturated rings. The molecule has 0 unspecified atom stereocenters. The van der Waals surface area contributed by atoms with Crippen LogP contribution in [0.1, 0.15) is 15.9 Å². The number of amides is 1. The number of carbonyl (C=O) groups excluding carboxylic acids is 1. The number of hydrogen-bond acceptors (Lipinski definition) is 4. The summed E-state index contributed by atoms with van der Waals surface area (Å²) in [5.41, 5.74) is 1.22. The molecule has 0 bridgehead atoms. The number of carboxylic acids is 1. The van der Waals surface area contributed by atoms with Crippen LogP contribution in [0.25, 0.3) is 6.08 Å². The van der Waals surface area contributed by atoms with E-state index in [0.717, 1.165) is 6.08 Å². The summed E-state index contributed by atoms with van der Waals surface area (Å²) in [6.07, 6.45) is 3.97. The van der Waals surface area contributed by atoms with E-state index in [1.807, 2.05) is 5.38 Å². The molecule has 2 N–H and O–H groups in total. The van der Waals surface area contributed by atoms with Crippen LogP contribution in [0.3, 0.4) is 0 Å². The van der Waals surface area contributed by atoms with Crippen LogP contribution in [-0.4, -0.2) is 22.0 Å². The zero-order chi connectivity index (χ0) is 13.7. The number of anilines is 1. The lowest BCUT2D eigenvalue weighted by atomic mass is 10.2. The molecule has 19 heavy (non-hydrogen) atoms. The fourth-order valence-electron chi connectivity index (χ4n) is 1.37. The van der Waals surface area contributed by atoms with E-state index in [1.54, 1.807) is 23.6 Å². The van der Waals surface area contributed by atoms with Crippen molar-refractivity contribution in [2.24, 2.45) is 0 Å². The summed E-state index contributed by atoms with van der Waals surface area (Å²) in [6.45, 7) is 0. The van der Waals surface area contributed by atoms with Gasteiger partial charge in [0.05, 0.1) is 5.56 Å². The Morgan fingerprint density at radius 1 is 1.37 bits per heavy atom. The summed E-state index contributed by atoms with van der Waals surface area (Å²) < 4.78 is 0.